The number of methoxy groups -OCH3 is 1. The summed E-state index contributed by atoms with van der Waals surface area (Å²) >= 11 is 0. The van der Waals surface area contributed by atoms with Crippen LogP contribution in [-0.2, 0) is 9.47 Å². The Morgan fingerprint density at radius 3 is 2.46 bits per heavy atom. The van der Waals surface area contributed by atoms with Crippen molar-refractivity contribution < 1.29 is 9.47 Å². The van der Waals surface area contributed by atoms with Gasteiger partial charge in [0.25, 0.3) is 0 Å². The molecule has 0 aliphatic carbocycles. The molecule has 0 unspecified atom stereocenters. The average Bonchev–Trinajstić information content (AvgIpc) is 2.11. The molecule has 1 N–H and O–H groups in total. The Balaban J connectivity index is 3.16. The zero-order valence-electron chi connectivity index (χ0n) is 9.35. The van der Waals surface area contributed by atoms with Crippen molar-refractivity contribution in [1.29, 1.82) is 0 Å². The Hall–Kier alpha value is -0.120. The standard InChI is InChI=1S/C10H23NO2/c1-5-7-13-8-6-11-9-10(2,3)12-4/h11H,5-9H2,1-4H3. The molecule has 0 aromatic heterocycles. The molecular weight excluding hydrogens is 166 g/mol. The van der Waals surface area contributed by atoms with Gasteiger partial charge in [0.15, 0.2) is 0 Å². The molecule has 0 heterocycles. The van der Waals surface area contributed by atoms with Gasteiger partial charge in [-0.05, 0) is 20.3 Å². The minimum Gasteiger partial charge on any atom is -0.380 e. The third kappa shape index (κ3) is 8.22. The predicted molar refractivity (Wildman–Crippen MR) is 55.1 cm³/mol. The van der Waals surface area contributed by atoms with Gasteiger partial charge in [-0.25, -0.2) is 0 Å². The van der Waals surface area contributed by atoms with Gasteiger partial charge in [-0.3, -0.25) is 0 Å². The molecule has 0 saturated heterocycles. The summed E-state index contributed by atoms with van der Waals surface area (Å²) in [6.45, 7) is 9.63. The van der Waals surface area contributed by atoms with Gasteiger partial charge in [0.1, 0.15) is 0 Å². The lowest BCUT2D eigenvalue weighted by atomic mass is 10.1. The first kappa shape index (κ1) is 12.9. The highest BCUT2D eigenvalue weighted by atomic mass is 16.5. The zero-order chi connectivity index (χ0) is 10.2. The van der Waals surface area contributed by atoms with Crippen molar-refractivity contribution in [3.63, 3.8) is 0 Å². The monoisotopic (exact) mass is 189 g/mol. The fraction of sp³-hybridized carbons (Fsp3) is 1.00. The van der Waals surface area contributed by atoms with Gasteiger partial charge in [0.2, 0.25) is 0 Å². The Morgan fingerprint density at radius 2 is 1.92 bits per heavy atom. The summed E-state index contributed by atoms with van der Waals surface area (Å²) in [6.07, 6.45) is 1.09. The van der Waals surface area contributed by atoms with Crippen LogP contribution in [0.3, 0.4) is 0 Å². The second kappa shape index (κ2) is 7.30. The third-order valence-corrected chi connectivity index (χ3v) is 1.87. The molecule has 0 atom stereocenters. The Kier molecular flexibility index (Phi) is 7.23. The molecular formula is C10H23NO2. The molecule has 80 valence electrons. The first-order valence-corrected chi connectivity index (χ1v) is 4.96. The lowest BCUT2D eigenvalue weighted by Crippen LogP contribution is -2.38. The van der Waals surface area contributed by atoms with E-state index in [-0.39, 0.29) is 5.60 Å². The van der Waals surface area contributed by atoms with E-state index in [1.54, 1.807) is 7.11 Å². The minimum atomic E-state index is -0.0786. The van der Waals surface area contributed by atoms with Crippen LogP contribution in [0.2, 0.25) is 0 Å². The maximum Gasteiger partial charge on any atom is 0.0746 e. The van der Waals surface area contributed by atoms with E-state index in [0.29, 0.717) is 0 Å². The lowest BCUT2D eigenvalue weighted by Gasteiger charge is -2.23. The van der Waals surface area contributed by atoms with Crippen LogP contribution < -0.4 is 5.32 Å². The number of ether oxygens (including phenoxy) is 2. The zero-order valence-corrected chi connectivity index (χ0v) is 9.35. The van der Waals surface area contributed by atoms with Gasteiger partial charge in [0.05, 0.1) is 12.2 Å². The van der Waals surface area contributed by atoms with E-state index >= 15 is 0 Å². The second-order valence-electron chi connectivity index (χ2n) is 3.75. The van der Waals surface area contributed by atoms with Crippen molar-refractivity contribution in [2.24, 2.45) is 0 Å². The molecule has 3 heteroatoms. The fourth-order valence-corrected chi connectivity index (χ4v) is 0.852. The predicted octanol–water partition coefficient (Wildman–Crippen LogP) is 1.43. The fourth-order valence-electron chi connectivity index (χ4n) is 0.852. The van der Waals surface area contributed by atoms with E-state index < -0.39 is 0 Å². The van der Waals surface area contributed by atoms with Gasteiger partial charge in [-0.15, -0.1) is 0 Å². The molecule has 0 rings (SSSR count). The van der Waals surface area contributed by atoms with Crippen LogP contribution in [0.5, 0.6) is 0 Å². The third-order valence-electron chi connectivity index (χ3n) is 1.87. The van der Waals surface area contributed by atoms with Crippen molar-refractivity contribution in [3.05, 3.63) is 0 Å². The first-order chi connectivity index (χ1) is 6.12. The van der Waals surface area contributed by atoms with Crippen LogP contribution in [0.4, 0.5) is 0 Å². The molecule has 0 aliphatic heterocycles. The average molecular weight is 189 g/mol. The topological polar surface area (TPSA) is 30.5 Å². The number of rotatable bonds is 8. The Morgan fingerprint density at radius 1 is 1.23 bits per heavy atom. The van der Waals surface area contributed by atoms with Crippen molar-refractivity contribution in [2.75, 3.05) is 33.4 Å². The smallest absolute Gasteiger partial charge is 0.0746 e. The van der Waals surface area contributed by atoms with Gasteiger partial charge >= 0.3 is 0 Å². The Bertz CT molecular complexity index is 115. The SMILES string of the molecule is CCCOCCNCC(C)(C)OC. The van der Waals surface area contributed by atoms with E-state index in [9.17, 15) is 0 Å². The highest BCUT2D eigenvalue weighted by molar-refractivity contribution is 4.70. The summed E-state index contributed by atoms with van der Waals surface area (Å²) < 4.78 is 10.6. The summed E-state index contributed by atoms with van der Waals surface area (Å²) in [5.41, 5.74) is -0.0786. The molecule has 3 nitrogen and oxygen atoms in total. The highest BCUT2D eigenvalue weighted by Crippen LogP contribution is 2.03. The molecule has 0 aromatic rings. The van der Waals surface area contributed by atoms with Crippen LogP contribution >= 0.6 is 0 Å². The second-order valence-corrected chi connectivity index (χ2v) is 3.75. The minimum absolute atomic E-state index is 0.0786. The van der Waals surface area contributed by atoms with Crippen LogP contribution in [0.15, 0.2) is 0 Å². The molecule has 0 radical (unpaired) electrons. The van der Waals surface area contributed by atoms with Gasteiger partial charge in [0, 0.05) is 26.8 Å². The van der Waals surface area contributed by atoms with Crippen molar-refractivity contribution in [1.82, 2.24) is 5.32 Å². The van der Waals surface area contributed by atoms with Crippen LogP contribution in [0.1, 0.15) is 27.2 Å². The van der Waals surface area contributed by atoms with E-state index in [4.69, 9.17) is 9.47 Å². The summed E-state index contributed by atoms with van der Waals surface area (Å²) in [5, 5.41) is 3.29. The Labute approximate surface area is 81.8 Å². The first-order valence-electron chi connectivity index (χ1n) is 4.96. The number of nitrogens with one attached hydrogen (secondary N) is 1. The molecule has 0 bridgehead atoms. The number of hydrogen-bond acceptors (Lipinski definition) is 3. The molecule has 0 amide bonds. The molecule has 0 aliphatic rings. The van der Waals surface area contributed by atoms with Gasteiger partial charge in [-0.1, -0.05) is 6.92 Å². The molecule has 13 heavy (non-hydrogen) atoms. The maximum absolute atomic E-state index is 5.33. The summed E-state index contributed by atoms with van der Waals surface area (Å²) in [5.74, 6) is 0. The summed E-state index contributed by atoms with van der Waals surface area (Å²) in [4.78, 5) is 0. The van der Waals surface area contributed by atoms with Crippen molar-refractivity contribution in [2.45, 2.75) is 32.8 Å². The van der Waals surface area contributed by atoms with Gasteiger partial charge in [-0.2, -0.15) is 0 Å². The highest BCUT2D eigenvalue weighted by Gasteiger charge is 2.14. The van der Waals surface area contributed by atoms with E-state index in [1.807, 2.05) is 0 Å². The molecule has 0 spiro atoms. The van der Waals surface area contributed by atoms with E-state index in [0.717, 1.165) is 32.7 Å². The normalized spacial score (nSPS) is 12.0. The largest absolute Gasteiger partial charge is 0.380 e. The van der Waals surface area contributed by atoms with Crippen LogP contribution in [-0.4, -0.2) is 39.0 Å². The lowest BCUT2D eigenvalue weighted by molar-refractivity contribution is 0.0215. The molecule has 0 saturated carbocycles. The summed E-state index contributed by atoms with van der Waals surface area (Å²) in [6, 6.07) is 0. The quantitative estimate of drug-likeness (QED) is 0.586. The van der Waals surface area contributed by atoms with E-state index in [1.165, 1.54) is 0 Å². The van der Waals surface area contributed by atoms with E-state index in [2.05, 4.69) is 26.1 Å². The molecule has 0 fully saturated rings. The maximum atomic E-state index is 5.33. The van der Waals surface area contributed by atoms with Crippen LogP contribution in [0.25, 0.3) is 0 Å². The number of hydrogen-bond donors (Lipinski definition) is 1. The van der Waals surface area contributed by atoms with Crippen molar-refractivity contribution in [3.8, 4) is 0 Å². The van der Waals surface area contributed by atoms with Crippen LogP contribution in [0, 0.1) is 0 Å². The molecule has 0 aromatic carbocycles. The van der Waals surface area contributed by atoms with Crippen molar-refractivity contribution >= 4 is 0 Å². The summed E-state index contributed by atoms with van der Waals surface area (Å²) in [7, 11) is 1.73. The van der Waals surface area contributed by atoms with Gasteiger partial charge < -0.3 is 14.8 Å².